The van der Waals surface area contributed by atoms with Gasteiger partial charge in [0, 0.05) is 17.6 Å². The van der Waals surface area contributed by atoms with Crippen LogP contribution in [0.15, 0.2) is 0 Å². The molecule has 1 aliphatic carbocycles. The Morgan fingerprint density at radius 3 is 2.12 bits per heavy atom. The van der Waals surface area contributed by atoms with Crippen LogP contribution in [0.4, 0.5) is 0 Å². The lowest BCUT2D eigenvalue weighted by molar-refractivity contribution is -0.0950. The largest absolute Gasteiger partial charge is 0.293 e. The summed E-state index contributed by atoms with van der Waals surface area (Å²) in [5.74, 6) is 1.77. The Morgan fingerprint density at radius 2 is 1.75 bits per heavy atom. The van der Waals surface area contributed by atoms with E-state index in [-0.39, 0.29) is 0 Å². The van der Waals surface area contributed by atoms with Crippen molar-refractivity contribution in [3.8, 4) is 0 Å². The maximum atomic E-state index is 2.84. The fraction of sp³-hybridized carbons (Fsp3) is 1.00. The maximum Gasteiger partial charge on any atom is 0.0215 e. The molecule has 94 valence electrons. The molecule has 0 radical (unpaired) electrons. The van der Waals surface area contributed by atoms with Gasteiger partial charge in [0.1, 0.15) is 0 Å². The lowest BCUT2D eigenvalue weighted by atomic mass is 9.65. The summed E-state index contributed by atoms with van der Waals surface area (Å²) >= 11 is 0. The van der Waals surface area contributed by atoms with Crippen LogP contribution in [0.25, 0.3) is 0 Å². The van der Waals surface area contributed by atoms with Crippen LogP contribution in [0.2, 0.25) is 0 Å². The van der Waals surface area contributed by atoms with Gasteiger partial charge in [-0.3, -0.25) is 4.90 Å². The second-order valence-electron chi connectivity index (χ2n) is 7.40. The number of piperidine rings is 1. The Bertz CT molecular complexity index is 245. The molecule has 0 aromatic rings. The van der Waals surface area contributed by atoms with E-state index in [1.807, 2.05) is 0 Å². The molecule has 2 rings (SSSR count). The predicted molar refractivity (Wildman–Crippen MR) is 70.6 cm³/mol. The van der Waals surface area contributed by atoms with Gasteiger partial charge < -0.3 is 0 Å². The van der Waals surface area contributed by atoms with Gasteiger partial charge in [0.2, 0.25) is 0 Å². The molecule has 1 unspecified atom stereocenters. The molecule has 0 amide bonds. The topological polar surface area (TPSA) is 3.24 Å². The van der Waals surface area contributed by atoms with E-state index in [2.05, 4.69) is 39.5 Å². The minimum atomic E-state index is 0.355. The number of nitrogens with zero attached hydrogens (tertiary/aromatic N) is 1. The summed E-state index contributed by atoms with van der Waals surface area (Å²) in [5.41, 5.74) is 0.956. The highest BCUT2D eigenvalue weighted by atomic mass is 15.3. The summed E-state index contributed by atoms with van der Waals surface area (Å²) in [6.07, 6.45) is 7.28. The maximum absolute atomic E-state index is 2.84. The lowest BCUT2D eigenvalue weighted by Crippen LogP contribution is -2.64. The third kappa shape index (κ3) is 2.03. The monoisotopic (exact) mass is 223 g/mol. The second-order valence-corrected chi connectivity index (χ2v) is 7.40. The first-order valence-corrected chi connectivity index (χ1v) is 7.13. The molecule has 2 fully saturated rings. The molecule has 1 heterocycles. The zero-order valence-corrected chi connectivity index (χ0v) is 11.8. The van der Waals surface area contributed by atoms with Crippen molar-refractivity contribution >= 4 is 0 Å². The van der Waals surface area contributed by atoms with Crippen LogP contribution in [-0.2, 0) is 0 Å². The van der Waals surface area contributed by atoms with Crippen molar-refractivity contribution in [2.45, 2.75) is 77.8 Å². The normalized spacial score (nSPS) is 30.8. The molecule has 1 aliphatic heterocycles. The molecule has 0 N–H and O–H groups in total. The van der Waals surface area contributed by atoms with E-state index < -0.39 is 0 Å². The summed E-state index contributed by atoms with van der Waals surface area (Å²) in [7, 11) is 0. The summed E-state index contributed by atoms with van der Waals surface area (Å²) in [6.45, 7) is 13.3. The van der Waals surface area contributed by atoms with Crippen LogP contribution in [0.3, 0.4) is 0 Å². The van der Waals surface area contributed by atoms with Crippen LogP contribution in [0.5, 0.6) is 0 Å². The van der Waals surface area contributed by atoms with Crippen molar-refractivity contribution in [3.05, 3.63) is 0 Å². The third-order valence-electron chi connectivity index (χ3n) is 5.01. The van der Waals surface area contributed by atoms with Crippen LogP contribution < -0.4 is 0 Å². The van der Waals surface area contributed by atoms with Crippen LogP contribution in [0.1, 0.15) is 66.7 Å². The minimum Gasteiger partial charge on any atom is -0.293 e. The van der Waals surface area contributed by atoms with E-state index in [4.69, 9.17) is 0 Å². The van der Waals surface area contributed by atoms with Crippen molar-refractivity contribution in [3.63, 3.8) is 0 Å². The Balaban J connectivity index is 2.14. The van der Waals surface area contributed by atoms with Crippen LogP contribution >= 0.6 is 0 Å². The summed E-state index contributed by atoms with van der Waals surface area (Å²) in [6, 6.07) is 0. The van der Waals surface area contributed by atoms with E-state index in [1.165, 1.54) is 38.6 Å². The Kier molecular flexibility index (Phi) is 3.11. The highest BCUT2D eigenvalue weighted by molar-refractivity contribution is 5.05. The number of hydrogen-bond donors (Lipinski definition) is 0. The first kappa shape index (κ1) is 12.4. The van der Waals surface area contributed by atoms with Crippen molar-refractivity contribution in [2.75, 3.05) is 6.54 Å². The summed E-state index contributed by atoms with van der Waals surface area (Å²) in [4.78, 5) is 2.84. The Hall–Kier alpha value is -0.0400. The molecule has 0 aromatic heterocycles. The lowest BCUT2D eigenvalue weighted by Gasteiger charge is -2.60. The van der Waals surface area contributed by atoms with Gasteiger partial charge in [-0.05, 0) is 64.7 Å². The summed E-state index contributed by atoms with van der Waals surface area (Å²) in [5, 5.41) is 0. The SMILES string of the molecule is CC(C)C1CCC2(CCC2)N(C(C)(C)C)C1. The van der Waals surface area contributed by atoms with Crippen molar-refractivity contribution in [2.24, 2.45) is 11.8 Å². The molecule has 2 aliphatic rings. The Morgan fingerprint density at radius 1 is 1.12 bits per heavy atom. The van der Waals surface area contributed by atoms with E-state index in [0.717, 1.165) is 11.8 Å². The van der Waals surface area contributed by atoms with Crippen molar-refractivity contribution in [1.29, 1.82) is 0 Å². The van der Waals surface area contributed by atoms with E-state index >= 15 is 0 Å². The molecule has 1 saturated heterocycles. The zero-order valence-electron chi connectivity index (χ0n) is 11.8. The van der Waals surface area contributed by atoms with Gasteiger partial charge in [-0.1, -0.05) is 13.8 Å². The van der Waals surface area contributed by atoms with Gasteiger partial charge in [-0.25, -0.2) is 0 Å². The fourth-order valence-corrected chi connectivity index (χ4v) is 3.74. The predicted octanol–water partition coefficient (Wildman–Crippen LogP) is 4.08. The first-order chi connectivity index (χ1) is 7.35. The van der Waals surface area contributed by atoms with Gasteiger partial charge in [0.05, 0.1) is 0 Å². The molecular formula is C15H29N. The van der Waals surface area contributed by atoms with Gasteiger partial charge in [-0.2, -0.15) is 0 Å². The highest BCUT2D eigenvalue weighted by Crippen LogP contribution is 2.49. The average Bonchev–Trinajstić information content (AvgIpc) is 2.12. The standard InChI is InChI=1S/C15H29N/c1-12(2)13-7-10-15(8-6-9-15)16(11-13)14(3,4)5/h12-13H,6-11H2,1-5H3. The molecule has 1 spiro atoms. The van der Waals surface area contributed by atoms with Crippen LogP contribution in [0, 0.1) is 11.8 Å². The van der Waals surface area contributed by atoms with Gasteiger partial charge in [0.25, 0.3) is 0 Å². The number of likely N-dealkylation sites (tertiary alicyclic amines) is 1. The molecule has 1 saturated carbocycles. The molecule has 16 heavy (non-hydrogen) atoms. The quantitative estimate of drug-likeness (QED) is 0.647. The first-order valence-electron chi connectivity index (χ1n) is 7.13. The van der Waals surface area contributed by atoms with Gasteiger partial charge in [0.15, 0.2) is 0 Å². The Labute approximate surface area is 102 Å². The average molecular weight is 223 g/mol. The van der Waals surface area contributed by atoms with Crippen molar-refractivity contribution in [1.82, 2.24) is 4.90 Å². The molecule has 1 heteroatoms. The van der Waals surface area contributed by atoms with E-state index in [1.54, 1.807) is 0 Å². The molecule has 1 atom stereocenters. The minimum absolute atomic E-state index is 0.355. The zero-order chi connectivity index (χ0) is 12.0. The number of hydrogen-bond acceptors (Lipinski definition) is 1. The highest BCUT2D eigenvalue weighted by Gasteiger charge is 2.49. The summed E-state index contributed by atoms with van der Waals surface area (Å²) < 4.78 is 0. The smallest absolute Gasteiger partial charge is 0.0215 e. The van der Waals surface area contributed by atoms with E-state index in [9.17, 15) is 0 Å². The third-order valence-corrected chi connectivity index (χ3v) is 5.01. The molecule has 1 nitrogen and oxygen atoms in total. The molecule has 0 bridgehead atoms. The molecule has 0 aromatic carbocycles. The second kappa shape index (κ2) is 4.01. The van der Waals surface area contributed by atoms with Gasteiger partial charge in [-0.15, -0.1) is 0 Å². The van der Waals surface area contributed by atoms with E-state index in [0.29, 0.717) is 11.1 Å². The molecular weight excluding hydrogens is 194 g/mol. The van der Waals surface area contributed by atoms with Gasteiger partial charge >= 0.3 is 0 Å². The van der Waals surface area contributed by atoms with Crippen molar-refractivity contribution < 1.29 is 0 Å². The van der Waals surface area contributed by atoms with Crippen LogP contribution in [-0.4, -0.2) is 22.5 Å². The fourth-order valence-electron chi connectivity index (χ4n) is 3.74. The number of rotatable bonds is 1.